The second-order valence-electron chi connectivity index (χ2n) is 4.77. The van der Waals surface area contributed by atoms with E-state index in [2.05, 4.69) is 11.9 Å². The lowest BCUT2D eigenvalue weighted by molar-refractivity contribution is -0.139. The number of aryl methyl sites for hydroxylation is 1. The highest BCUT2D eigenvalue weighted by atomic mass is 16.6. The van der Waals surface area contributed by atoms with Crippen LogP contribution in [0.15, 0.2) is 36.4 Å². The number of amides is 1. The molecule has 1 aromatic rings. The largest absolute Gasteiger partial charge is 0.481 e. The maximum absolute atomic E-state index is 11.5. The number of esters is 1. The predicted molar refractivity (Wildman–Crippen MR) is 82.2 cm³/mol. The third kappa shape index (κ3) is 7.66. The van der Waals surface area contributed by atoms with Crippen molar-refractivity contribution in [2.24, 2.45) is 0 Å². The zero-order chi connectivity index (χ0) is 17.2. The van der Waals surface area contributed by atoms with Gasteiger partial charge in [0.2, 0.25) is 0 Å². The first-order chi connectivity index (χ1) is 10.9. The Morgan fingerprint density at radius 3 is 2.43 bits per heavy atom. The van der Waals surface area contributed by atoms with Gasteiger partial charge in [0, 0.05) is 12.0 Å². The Balaban J connectivity index is 2.30. The van der Waals surface area contributed by atoms with Gasteiger partial charge in [-0.05, 0) is 31.0 Å². The maximum atomic E-state index is 11.5. The van der Waals surface area contributed by atoms with Crippen LogP contribution >= 0.6 is 0 Å². The minimum Gasteiger partial charge on any atom is -0.481 e. The lowest BCUT2D eigenvalue weighted by atomic mass is 10.1. The third-order valence-corrected chi connectivity index (χ3v) is 2.71. The van der Waals surface area contributed by atoms with Crippen LogP contribution in [0, 0.1) is 0 Å². The Bertz CT molecular complexity index is 579. The van der Waals surface area contributed by atoms with E-state index in [4.69, 9.17) is 14.6 Å². The number of nitrogens with one attached hydrogen (secondary N) is 1. The molecule has 0 aliphatic rings. The summed E-state index contributed by atoms with van der Waals surface area (Å²) < 4.78 is 9.83. The number of hydrogen-bond donors (Lipinski definition) is 2. The summed E-state index contributed by atoms with van der Waals surface area (Å²) >= 11 is 0. The molecule has 23 heavy (non-hydrogen) atoms. The minimum absolute atomic E-state index is 0.0227. The van der Waals surface area contributed by atoms with Gasteiger partial charge in [0.1, 0.15) is 12.4 Å². The number of carboxylic acids is 1. The van der Waals surface area contributed by atoms with Crippen molar-refractivity contribution in [1.29, 1.82) is 0 Å². The molecule has 0 unspecified atom stereocenters. The molecule has 0 saturated carbocycles. The van der Waals surface area contributed by atoms with Crippen molar-refractivity contribution in [3.8, 4) is 5.75 Å². The van der Waals surface area contributed by atoms with Crippen LogP contribution in [-0.4, -0.2) is 36.3 Å². The molecule has 0 bridgehead atoms. The molecule has 0 heterocycles. The first-order valence-corrected chi connectivity index (χ1v) is 6.97. The molecule has 0 aliphatic heterocycles. The number of carboxylic acid groups (broad SMARTS) is 1. The van der Waals surface area contributed by atoms with Gasteiger partial charge in [0.25, 0.3) is 0 Å². The highest BCUT2D eigenvalue weighted by molar-refractivity contribution is 5.86. The van der Waals surface area contributed by atoms with Gasteiger partial charge in [0.15, 0.2) is 0 Å². The second kappa shape index (κ2) is 9.24. The Morgan fingerprint density at radius 1 is 1.22 bits per heavy atom. The molecule has 0 aromatic heterocycles. The number of carbonyl (C=O) groups excluding carboxylic acids is 2. The number of hydrogen-bond acceptors (Lipinski definition) is 5. The van der Waals surface area contributed by atoms with E-state index in [-0.39, 0.29) is 25.1 Å². The topological polar surface area (TPSA) is 102 Å². The molecule has 0 fully saturated rings. The van der Waals surface area contributed by atoms with E-state index >= 15 is 0 Å². The van der Waals surface area contributed by atoms with Crippen LogP contribution in [0.4, 0.5) is 4.79 Å². The fraction of sp³-hybridized carbons (Fsp3) is 0.312. The van der Waals surface area contributed by atoms with Crippen molar-refractivity contribution < 1.29 is 29.0 Å². The second-order valence-corrected chi connectivity index (χ2v) is 4.77. The summed E-state index contributed by atoms with van der Waals surface area (Å²) in [4.78, 5) is 33.1. The Hall–Kier alpha value is -2.83. The van der Waals surface area contributed by atoms with Crippen molar-refractivity contribution in [2.45, 2.75) is 19.8 Å². The van der Waals surface area contributed by atoms with Gasteiger partial charge >= 0.3 is 18.0 Å². The van der Waals surface area contributed by atoms with Crippen LogP contribution in [0.25, 0.3) is 0 Å². The van der Waals surface area contributed by atoms with E-state index in [0.717, 1.165) is 5.56 Å². The van der Waals surface area contributed by atoms with Crippen LogP contribution in [0.3, 0.4) is 0 Å². The van der Waals surface area contributed by atoms with Crippen LogP contribution in [0.2, 0.25) is 0 Å². The average Bonchev–Trinajstić information content (AvgIpc) is 2.50. The Labute approximate surface area is 133 Å². The summed E-state index contributed by atoms with van der Waals surface area (Å²) in [6.07, 6.45) is -0.214. The van der Waals surface area contributed by atoms with E-state index in [1.54, 1.807) is 24.3 Å². The third-order valence-electron chi connectivity index (χ3n) is 2.71. The average molecular weight is 321 g/mol. The van der Waals surface area contributed by atoms with E-state index in [1.807, 2.05) is 0 Å². The smallest absolute Gasteiger partial charge is 0.412 e. The number of benzene rings is 1. The van der Waals surface area contributed by atoms with E-state index < -0.39 is 18.0 Å². The maximum Gasteiger partial charge on any atom is 0.412 e. The number of ether oxygens (including phenoxy) is 2. The van der Waals surface area contributed by atoms with Crippen molar-refractivity contribution in [3.63, 3.8) is 0 Å². The molecule has 0 saturated heterocycles. The summed E-state index contributed by atoms with van der Waals surface area (Å²) in [6.45, 7) is 5.11. The molecular formula is C16H19NO6. The summed E-state index contributed by atoms with van der Waals surface area (Å²) in [5.41, 5.74) is 1.13. The molecule has 2 N–H and O–H groups in total. The van der Waals surface area contributed by atoms with Crippen LogP contribution in [-0.2, 0) is 20.7 Å². The minimum atomic E-state index is -0.864. The van der Waals surface area contributed by atoms with Gasteiger partial charge < -0.3 is 19.9 Å². The van der Waals surface area contributed by atoms with Gasteiger partial charge in [-0.25, -0.2) is 9.59 Å². The van der Waals surface area contributed by atoms with Gasteiger partial charge in [0.05, 0.1) is 6.54 Å². The highest BCUT2D eigenvalue weighted by Gasteiger charge is 2.06. The molecule has 1 amide bonds. The molecule has 0 spiro atoms. The van der Waals surface area contributed by atoms with Gasteiger partial charge in [-0.15, -0.1) is 0 Å². The summed E-state index contributed by atoms with van der Waals surface area (Å²) in [5, 5.41) is 11.0. The molecule has 1 rings (SSSR count). The molecule has 1 aromatic carbocycles. The van der Waals surface area contributed by atoms with E-state index in [9.17, 15) is 14.4 Å². The predicted octanol–water partition coefficient (Wildman–Crippen LogP) is 1.91. The number of rotatable bonds is 8. The van der Waals surface area contributed by atoms with Crippen LogP contribution < -0.4 is 10.1 Å². The van der Waals surface area contributed by atoms with Gasteiger partial charge in [-0.1, -0.05) is 18.7 Å². The first kappa shape index (κ1) is 18.2. The van der Waals surface area contributed by atoms with Crippen molar-refractivity contribution in [3.05, 3.63) is 42.0 Å². The van der Waals surface area contributed by atoms with Crippen molar-refractivity contribution >= 4 is 18.0 Å². The normalized spacial score (nSPS) is 9.78. The molecule has 7 nitrogen and oxygen atoms in total. The summed E-state index contributed by atoms with van der Waals surface area (Å²) in [6, 6.07) is 6.55. The fourth-order valence-electron chi connectivity index (χ4n) is 1.54. The lowest BCUT2D eigenvalue weighted by Crippen LogP contribution is -2.30. The van der Waals surface area contributed by atoms with Gasteiger partial charge in [-0.2, -0.15) is 0 Å². The number of carbonyl (C=O) groups is 3. The standard InChI is InChI=1S/C16H19NO6/c1-11(2)15(20)22-10-9-17-16(21)23-13-6-3-12(4-7-13)5-8-14(18)19/h3-4,6-7H,1,5,8-10H2,2H3,(H,17,21)(H,18,19). The van der Waals surface area contributed by atoms with Crippen LogP contribution in [0.1, 0.15) is 18.9 Å². The first-order valence-electron chi connectivity index (χ1n) is 6.97. The molecule has 7 heteroatoms. The summed E-state index contributed by atoms with van der Waals surface area (Å²) in [7, 11) is 0. The molecule has 0 aliphatic carbocycles. The zero-order valence-electron chi connectivity index (χ0n) is 12.8. The molecular weight excluding hydrogens is 302 g/mol. The van der Waals surface area contributed by atoms with E-state index in [0.29, 0.717) is 12.2 Å². The van der Waals surface area contributed by atoms with Crippen molar-refractivity contribution in [2.75, 3.05) is 13.2 Å². The Kier molecular flexibility index (Phi) is 7.32. The fourth-order valence-corrected chi connectivity index (χ4v) is 1.54. The molecule has 0 atom stereocenters. The number of aliphatic carboxylic acids is 1. The quantitative estimate of drug-likeness (QED) is 0.431. The SMILES string of the molecule is C=C(C)C(=O)OCCNC(=O)Oc1ccc(CCC(=O)O)cc1. The monoisotopic (exact) mass is 321 g/mol. The highest BCUT2D eigenvalue weighted by Crippen LogP contribution is 2.13. The summed E-state index contributed by atoms with van der Waals surface area (Å²) in [5.74, 6) is -1.05. The van der Waals surface area contributed by atoms with Gasteiger partial charge in [-0.3, -0.25) is 4.79 Å². The lowest BCUT2D eigenvalue weighted by Gasteiger charge is -2.08. The molecule has 0 radical (unpaired) electrons. The Morgan fingerprint density at radius 2 is 1.87 bits per heavy atom. The van der Waals surface area contributed by atoms with Crippen molar-refractivity contribution in [1.82, 2.24) is 5.32 Å². The zero-order valence-corrected chi connectivity index (χ0v) is 12.8. The van der Waals surface area contributed by atoms with Crippen LogP contribution in [0.5, 0.6) is 5.75 Å². The van der Waals surface area contributed by atoms with E-state index in [1.165, 1.54) is 6.92 Å². The molecule has 124 valence electrons.